The predicted molar refractivity (Wildman–Crippen MR) is 72.4 cm³/mol. The standard InChI is InChI=1S/C14H17F3N2O2/c1-9(2)7-12(20)19-11-5-3-10(4-6-11)8-18-13(21)14(15,16)17/h3-6,9H,7-8H2,1-2H3,(H,18,21)(H,19,20). The zero-order chi connectivity index (χ0) is 16.0. The SMILES string of the molecule is CC(C)CC(=O)Nc1ccc(CNC(=O)C(F)(F)F)cc1. The molecule has 4 nitrogen and oxygen atoms in total. The van der Waals surface area contributed by atoms with Crippen LogP contribution in [0.15, 0.2) is 24.3 Å². The Morgan fingerprint density at radius 1 is 1.14 bits per heavy atom. The Kier molecular flexibility index (Phi) is 5.75. The Labute approximate surface area is 120 Å². The number of carbonyl (C=O) groups is 2. The van der Waals surface area contributed by atoms with Crippen LogP contribution in [0, 0.1) is 5.92 Å². The number of hydrogen-bond donors (Lipinski definition) is 2. The molecule has 0 bridgehead atoms. The molecular weight excluding hydrogens is 285 g/mol. The summed E-state index contributed by atoms with van der Waals surface area (Å²) in [6.45, 7) is 3.62. The summed E-state index contributed by atoms with van der Waals surface area (Å²) in [6.07, 6.45) is -4.49. The molecular formula is C14H17F3N2O2. The first-order valence-corrected chi connectivity index (χ1v) is 6.42. The lowest BCUT2D eigenvalue weighted by atomic mass is 10.1. The van der Waals surface area contributed by atoms with Crippen molar-refractivity contribution in [2.75, 3.05) is 5.32 Å². The third-order valence-corrected chi connectivity index (χ3v) is 2.54. The van der Waals surface area contributed by atoms with Gasteiger partial charge in [-0.15, -0.1) is 0 Å². The van der Waals surface area contributed by atoms with Crippen LogP contribution in [0.2, 0.25) is 0 Å². The Bertz CT molecular complexity index is 496. The number of benzene rings is 1. The summed E-state index contributed by atoms with van der Waals surface area (Å²) in [4.78, 5) is 22.2. The van der Waals surface area contributed by atoms with Crippen LogP contribution in [0.4, 0.5) is 18.9 Å². The highest BCUT2D eigenvalue weighted by molar-refractivity contribution is 5.90. The van der Waals surface area contributed by atoms with Crippen molar-refractivity contribution in [1.82, 2.24) is 5.32 Å². The average molecular weight is 302 g/mol. The number of anilines is 1. The van der Waals surface area contributed by atoms with E-state index in [1.54, 1.807) is 29.6 Å². The van der Waals surface area contributed by atoms with Gasteiger partial charge in [-0.1, -0.05) is 26.0 Å². The molecule has 0 spiro atoms. The van der Waals surface area contributed by atoms with E-state index in [2.05, 4.69) is 5.32 Å². The third-order valence-electron chi connectivity index (χ3n) is 2.54. The average Bonchev–Trinajstić information content (AvgIpc) is 2.35. The zero-order valence-electron chi connectivity index (χ0n) is 11.8. The minimum atomic E-state index is -4.88. The second kappa shape index (κ2) is 7.10. The van der Waals surface area contributed by atoms with Gasteiger partial charge in [0.1, 0.15) is 0 Å². The van der Waals surface area contributed by atoms with Crippen LogP contribution in [0.5, 0.6) is 0 Å². The largest absolute Gasteiger partial charge is 0.471 e. The number of rotatable bonds is 5. The lowest BCUT2D eigenvalue weighted by Gasteiger charge is -2.09. The summed E-state index contributed by atoms with van der Waals surface area (Å²) in [5.41, 5.74) is 1.07. The summed E-state index contributed by atoms with van der Waals surface area (Å²) >= 11 is 0. The summed E-state index contributed by atoms with van der Waals surface area (Å²) in [5.74, 6) is -1.86. The van der Waals surface area contributed by atoms with E-state index in [0.717, 1.165) is 0 Å². The van der Waals surface area contributed by atoms with Crippen LogP contribution in [-0.2, 0) is 16.1 Å². The molecule has 2 amide bonds. The number of amides is 2. The molecule has 0 atom stereocenters. The summed E-state index contributed by atoms with van der Waals surface area (Å²) < 4.78 is 36.0. The van der Waals surface area contributed by atoms with Crippen molar-refractivity contribution in [2.24, 2.45) is 5.92 Å². The minimum absolute atomic E-state index is 0.122. The number of halogens is 3. The van der Waals surface area contributed by atoms with Gasteiger partial charge in [0.15, 0.2) is 0 Å². The molecule has 1 aromatic rings. The van der Waals surface area contributed by atoms with Gasteiger partial charge in [0.2, 0.25) is 5.91 Å². The molecule has 0 radical (unpaired) electrons. The maximum atomic E-state index is 12.0. The van der Waals surface area contributed by atoms with E-state index in [1.165, 1.54) is 0 Å². The number of nitrogens with one attached hydrogen (secondary N) is 2. The van der Waals surface area contributed by atoms with Gasteiger partial charge in [-0.05, 0) is 23.6 Å². The molecule has 0 unspecified atom stereocenters. The summed E-state index contributed by atoms with van der Waals surface area (Å²) in [6, 6.07) is 6.24. The second-order valence-corrected chi connectivity index (χ2v) is 5.02. The molecule has 0 aliphatic rings. The Morgan fingerprint density at radius 2 is 1.71 bits per heavy atom. The van der Waals surface area contributed by atoms with Crippen LogP contribution in [0.1, 0.15) is 25.8 Å². The molecule has 0 aromatic heterocycles. The van der Waals surface area contributed by atoms with Gasteiger partial charge in [-0.25, -0.2) is 0 Å². The van der Waals surface area contributed by atoms with Crippen LogP contribution in [0.3, 0.4) is 0 Å². The smallest absolute Gasteiger partial charge is 0.344 e. The molecule has 0 fully saturated rings. The van der Waals surface area contributed by atoms with Gasteiger partial charge < -0.3 is 10.6 Å². The molecule has 0 heterocycles. The maximum absolute atomic E-state index is 12.0. The van der Waals surface area contributed by atoms with Gasteiger partial charge in [-0.3, -0.25) is 9.59 Å². The van der Waals surface area contributed by atoms with Crippen molar-refractivity contribution < 1.29 is 22.8 Å². The Morgan fingerprint density at radius 3 is 2.19 bits per heavy atom. The molecule has 0 saturated carbocycles. The molecule has 0 aliphatic heterocycles. The first kappa shape index (κ1) is 17.0. The summed E-state index contributed by atoms with van der Waals surface area (Å²) in [7, 11) is 0. The van der Waals surface area contributed by atoms with Crippen molar-refractivity contribution in [2.45, 2.75) is 33.0 Å². The van der Waals surface area contributed by atoms with E-state index in [-0.39, 0.29) is 18.4 Å². The van der Waals surface area contributed by atoms with E-state index in [9.17, 15) is 22.8 Å². The maximum Gasteiger partial charge on any atom is 0.471 e. The summed E-state index contributed by atoms with van der Waals surface area (Å²) in [5, 5.41) is 4.46. The van der Waals surface area contributed by atoms with Gasteiger partial charge in [0.05, 0.1) is 0 Å². The molecule has 7 heteroatoms. The highest BCUT2D eigenvalue weighted by Gasteiger charge is 2.38. The monoisotopic (exact) mass is 302 g/mol. The fraction of sp³-hybridized carbons (Fsp3) is 0.429. The number of alkyl halides is 3. The molecule has 116 valence electrons. The predicted octanol–water partition coefficient (Wildman–Crippen LogP) is 2.85. The number of hydrogen-bond acceptors (Lipinski definition) is 2. The van der Waals surface area contributed by atoms with Gasteiger partial charge in [-0.2, -0.15) is 13.2 Å². The number of carbonyl (C=O) groups excluding carboxylic acids is 2. The lowest BCUT2D eigenvalue weighted by molar-refractivity contribution is -0.173. The molecule has 0 aliphatic carbocycles. The molecule has 2 N–H and O–H groups in total. The van der Waals surface area contributed by atoms with Crippen molar-refractivity contribution in [3.63, 3.8) is 0 Å². The fourth-order valence-electron chi connectivity index (χ4n) is 1.57. The topological polar surface area (TPSA) is 58.2 Å². The highest BCUT2D eigenvalue weighted by atomic mass is 19.4. The van der Waals surface area contributed by atoms with E-state index >= 15 is 0 Å². The molecule has 21 heavy (non-hydrogen) atoms. The van der Waals surface area contributed by atoms with Gasteiger partial charge in [0.25, 0.3) is 0 Å². The van der Waals surface area contributed by atoms with Crippen LogP contribution < -0.4 is 10.6 Å². The van der Waals surface area contributed by atoms with Gasteiger partial charge in [0, 0.05) is 18.7 Å². The Hall–Kier alpha value is -2.05. The van der Waals surface area contributed by atoms with Crippen molar-refractivity contribution in [3.05, 3.63) is 29.8 Å². The van der Waals surface area contributed by atoms with Crippen LogP contribution >= 0.6 is 0 Å². The van der Waals surface area contributed by atoms with Gasteiger partial charge >= 0.3 is 12.1 Å². The molecule has 0 saturated heterocycles. The normalized spacial score (nSPS) is 11.3. The highest BCUT2D eigenvalue weighted by Crippen LogP contribution is 2.15. The van der Waals surface area contributed by atoms with Crippen molar-refractivity contribution in [3.8, 4) is 0 Å². The first-order valence-electron chi connectivity index (χ1n) is 6.42. The second-order valence-electron chi connectivity index (χ2n) is 5.02. The quantitative estimate of drug-likeness (QED) is 0.878. The van der Waals surface area contributed by atoms with E-state index in [0.29, 0.717) is 17.7 Å². The molecule has 1 rings (SSSR count). The van der Waals surface area contributed by atoms with E-state index < -0.39 is 12.1 Å². The fourth-order valence-corrected chi connectivity index (χ4v) is 1.57. The van der Waals surface area contributed by atoms with Crippen molar-refractivity contribution >= 4 is 17.5 Å². The molecule has 1 aromatic carbocycles. The van der Waals surface area contributed by atoms with E-state index in [4.69, 9.17) is 0 Å². The Balaban J connectivity index is 2.51. The van der Waals surface area contributed by atoms with E-state index in [1.807, 2.05) is 13.8 Å². The van der Waals surface area contributed by atoms with Crippen molar-refractivity contribution in [1.29, 1.82) is 0 Å². The zero-order valence-corrected chi connectivity index (χ0v) is 11.8. The lowest BCUT2D eigenvalue weighted by Crippen LogP contribution is -2.36. The van der Waals surface area contributed by atoms with Crippen LogP contribution in [-0.4, -0.2) is 18.0 Å². The minimum Gasteiger partial charge on any atom is -0.344 e. The first-order chi connectivity index (χ1) is 9.68. The third kappa shape index (κ3) is 6.29. The van der Waals surface area contributed by atoms with Crippen LogP contribution in [0.25, 0.3) is 0 Å².